The molecule has 8 heteroatoms. The number of H-pyrrole nitrogens is 1. The standard InChI is InChI=1S/C20H16FN3O3S/c1-2-3-12-15(25)7-6-13-17(12)23-24-18(13)16-9-22-19(28-16)10-4-5-11(20(26)27)14(21)8-10/h4-9,25H,2-3H2,1H3,(H,23,24)(H,26,27). The van der Waals surface area contributed by atoms with Crippen molar-refractivity contribution in [2.75, 3.05) is 0 Å². The lowest BCUT2D eigenvalue weighted by Gasteiger charge is -2.03. The number of benzene rings is 2. The Morgan fingerprint density at radius 3 is 2.82 bits per heavy atom. The third-order valence-corrected chi connectivity index (χ3v) is 5.57. The molecule has 6 nitrogen and oxygen atoms in total. The molecule has 28 heavy (non-hydrogen) atoms. The molecule has 0 atom stereocenters. The summed E-state index contributed by atoms with van der Waals surface area (Å²) >= 11 is 1.35. The molecule has 0 bridgehead atoms. The molecule has 2 aromatic heterocycles. The Morgan fingerprint density at radius 1 is 1.29 bits per heavy atom. The number of aromatic hydroxyl groups is 1. The highest BCUT2D eigenvalue weighted by molar-refractivity contribution is 7.18. The molecule has 4 aromatic rings. The molecule has 0 amide bonds. The summed E-state index contributed by atoms with van der Waals surface area (Å²) in [5, 5.41) is 27.9. The number of carbonyl (C=O) groups is 1. The maximum Gasteiger partial charge on any atom is 0.338 e. The summed E-state index contributed by atoms with van der Waals surface area (Å²) in [5.74, 6) is -1.88. The first-order valence-corrected chi connectivity index (χ1v) is 9.49. The lowest BCUT2D eigenvalue weighted by atomic mass is 10.0. The fraction of sp³-hybridized carbons (Fsp3) is 0.150. The van der Waals surface area contributed by atoms with E-state index >= 15 is 0 Å². The van der Waals surface area contributed by atoms with Gasteiger partial charge in [0.1, 0.15) is 16.6 Å². The lowest BCUT2D eigenvalue weighted by molar-refractivity contribution is 0.0692. The van der Waals surface area contributed by atoms with Crippen molar-refractivity contribution in [2.45, 2.75) is 19.8 Å². The first-order valence-electron chi connectivity index (χ1n) is 8.68. The zero-order valence-corrected chi connectivity index (χ0v) is 15.7. The molecule has 0 aliphatic carbocycles. The smallest absolute Gasteiger partial charge is 0.338 e. The highest BCUT2D eigenvalue weighted by Crippen LogP contribution is 2.37. The van der Waals surface area contributed by atoms with Crippen LogP contribution in [0, 0.1) is 5.82 Å². The predicted octanol–water partition coefficient (Wildman–Crippen LogP) is 4.85. The Kier molecular flexibility index (Phi) is 4.56. The largest absolute Gasteiger partial charge is 0.508 e. The molecule has 0 saturated heterocycles. The van der Waals surface area contributed by atoms with Crippen LogP contribution >= 0.6 is 11.3 Å². The number of nitrogens with one attached hydrogen (secondary N) is 1. The molecule has 0 aliphatic heterocycles. The van der Waals surface area contributed by atoms with Crippen LogP contribution in [0.25, 0.3) is 32.0 Å². The number of aromatic amines is 1. The number of hydrogen-bond donors (Lipinski definition) is 3. The minimum absolute atomic E-state index is 0.228. The summed E-state index contributed by atoms with van der Waals surface area (Å²) in [6.07, 6.45) is 3.27. The van der Waals surface area contributed by atoms with Crippen LogP contribution in [0.1, 0.15) is 29.3 Å². The summed E-state index contributed by atoms with van der Waals surface area (Å²) in [5.41, 5.74) is 2.44. The molecule has 0 fully saturated rings. The van der Waals surface area contributed by atoms with Crippen molar-refractivity contribution in [1.82, 2.24) is 15.2 Å². The maximum atomic E-state index is 14.0. The number of nitrogens with zero attached hydrogens (tertiary/aromatic N) is 2. The van der Waals surface area contributed by atoms with Crippen LogP contribution < -0.4 is 0 Å². The Balaban J connectivity index is 1.75. The van der Waals surface area contributed by atoms with Crippen LogP contribution in [0.4, 0.5) is 4.39 Å². The van der Waals surface area contributed by atoms with Gasteiger partial charge in [0, 0.05) is 22.7 Å². The van der Waals surface area contributed by atoms with Gasteiger partial charge < -0.3 is 10.2 Å². The van der Waals surface area contributed by atoms with E-state index in [9.17, 15) is 14.3 Å². The number of carboxylic acids is 1. The van der Waals surface area contributed by atoms with Crippen molar-refractivity contribution in [3.8, 4) is 26.9 Å². The SMILES string of the molecule is CCCc1c(O)ccc2c(-c3cnc(-c4ccc(C(=O)O)c(F)c4)s3)[nH]nc12. The zero-order valence-electron chi connectivity index (χ0n) is 14.9. The van der Waals surface area contributed by atoms with Crippen molar-refractivity contribution in [2.24, 2.45) is 0 Å². The number of hydrogen-bond acceptors (Lipinski definition) is 5. The monoisotopic (exact) mass is 397 g/mol. The van der Waals surface area contributed by atoms with E-state index in [4.69, 9.17) is 5.11 Å². The highest BCUT2D eigenvalue weighted by atomic mass is 32.1. The van der Waals surface area contributed by atoms with Gasteiger partial charge in [0.25, 0.3) is 0 Å². The van der Waals surface area contributed by atoms with Crippen LogP contribution in [0.2, 0.25) is 0 Å². The highest BCUT2D eigenvalue weighted by Gasteiger charge is 2.17. The van der Waals surface area contributed by atoms with Gasteiger partial charge in [-0.05, 0) is 30.7 Å². The van der Waals surface area contributed by atoms with E-state index in [-0.39, 0.29) is 11.3 Å². The molecule has 2 heterocycles. The van der Waals surface area contributed by atoms with Gasteiger partial charge in [-0.25, -0.2) is 14.2 Å². The summed E-state index contributed by atoms with van der Waals surface area (Å²) in [7, 11) is 0. The molecular weight excluding hydrogens is 381 g/mol. The molecule has 2 aromatic carbocycles. The quantitative estimate of drug-likeness (QED) is 0.447. The number of phenolic OH excluding ortho intramolecular Hbond substituents is 1. The van der Waals surface area contributed by atoms with Crippen molar-refractivity contribution >= 4 is 28.2 Å². The van der Waals surface area contributed by atoms with E-state index in [2.05, 4.69) is 15.2 Å². The van der Waals surface area contributed by atoms with Crippen molar-refractivity contribution in [1.29, 1.82) is 0 Å². The number of phenols is 1. The third kappa shape index (κ3) is 3.01. The lowest BCUT2D eigenvalue weighted by Crippen LogP contribution is -2.00. The predicted molar refractivity (Wildman–Crippen MR) is 105 cm³/mol. The molecule has 0 unspecified atom stereocenters. The summed E-state index contributed by atoms with van der Waals surface area (Å²) in [6.45, 7) is 2.04. The van der Waals surface area contributed by atoms with Crippen molar-refractivity contribution < 1.29 is 19.4 Å². The molecule has 142 valence electrons. The Labute approximate surface area is 163 Å². The number of carboxylic acid groups (broad SMARTS) is 1. The number of aromatic nitrogens is 3. The number of rotatable bonds is 5. The molecule has 0 saturated carbocycles. The minimum atomic E-state index is -1.31. The number of aryl methyl sites for hydroxylation is 1. The van der Waals surface area contributed by atoms with E-state index < -0.39 is 11.8 Å². The normalized spacial score (nSPS) is 11.2. The van der Waals surface area contributed by atoms with Crippen LogP contribution in [-0.2, 0) is 6.42 Å². The summed E-state index contributed by atoms with van der Waals surface area (Å²) in [6, 6.07) is 7.42. The van der Waals surface area contributed by atoms with Gasteiger partial charge in [-0.1, -0.05) is 19.4 Å². The van der Waals surface area contributed by atoms with Gasteiger partial charge in [0.2, 0.25) is 0 Å². The summed E-state index contributed by atoms with van der Waals surface area (Å²) in [4.78, 5) is 16.1. The van der Waals surface area contributed by atoms with Crippen LogP contribution in [-0.4, -0.2) is 31.4 Å². The van der Waals surface area contributed by atoms with Gasteiger partial charge >= 0.3 is 5.97 Å². The van der Waals surface area contributed by atoms with Crippen LogP contribution in [0.15, 0.2) is 36.5 Å². The molecule has 4 rings (SSSR count). The number of aromatic carboxylic acids is 1. The van der Waals surface area contributed by atoms with E-state index in [1.54, 1.807) is 12.3 Å². The van der Waals surface area contributed by atoms with Crippen molar-refractivity contribution in [3.63, 3.8) is 0 Å². The second-order valence-electron chi connectivity index (χ2n) is 6.34. The Bertz CT molecular complexity index is 1200. The van der Waals surface area contributed by atoms with Gasteiger partial charge in [0.15, 0.2) is 0 Å². The van der Waals surface area contributed by atoms with E-state index in [1.807, 2.05) is 13.0 Å². The van der Waals surface area contributed by atoms with Crippen molar-refractivity contribution in [3.05, 3.63) is 53.5 Å². The number of thiazole rings is 1. The topological polar surface area (TPSA) is 99.1 Å². The molecule has 0 radical (unpaired) electrons. The minimum Gasteiger partial charge on any atom is -0.508 e. The summed E-state index contributed by atoms with van der Waals surface area (Å²) < 4.78 is 14.0. The van der Waals surface area contributed by atoms with Gasteiger partial charge in [-0.15, -0.1) is 11.3 Å². The second kappa shape index (κ2) is 7.05. The maximum absolute atomic E-state index is 14.0. The average Bonchev–Trinajstić information content (AvgIpc) is 3.30. The van der Waals surface area contributed by atoms with Crippen LogP contribution in [0.3, 0.4) is 0 Å². The third-order valence-electron chi connectivity index (χ3n) is 4.51. The molecule has 3 N–H and O–H groups in total. The zero-order chi connectivity index (χ0) is 19.8. The Hall–Kier alpha value is -3.26. The first-order chi connectivity index (χ1) is 13.5. The van der Waals surface area contributed by atoms with Gasteiger partial charge in [0.05, 0.1) is 21.7 Å². The number of halogens is 1. The second-order valence-corrected chi connectivity index (χ2v) is 7.37. The van der Waals surface area contributed by atoms with Crippen LogP contribution in [0.5, 0.6) is 5.75 Å². The number of fused-ring (bicyclic) bond motifs is 1. The fourth-order valence-corrected chi connectivity index (χ4v) is 4.08. The first kappa shape index (κ1) is 18.1. The Morgan fingerprint density at radius 2 is 2.11 bits per heavy atom. The molecule has 0 aliphatic rings. The molecule has 0 spiro atoms. The molecular formula is C20H16FN3O3S. The van der Waals surface area contributed by atoms with E-state index in [0.29, 0.717) is 10.6 Å². The van der Waals surface area contributed by atoms with Gasteiger partial charge in [-0.3, -0.25) is 5.10 Å². The van der Waals surface area contributed by atoms with Gasteiger partial charge in [-0.2, -0.15) is 5.10 Å². The fourth-order valence-electron chi connectivity index (χ4n) is 3.16. The van der Waals surface area contributed by atoms with E-state index in [0.717, 1.165) is 39.9 Å². The van der Waals surface area contributed by atoms with E-state index in [1.165, 1.54) is 29.5 Å². The average molecular weight is 397 g/mol.